The maximum atomic E-state index is 12.5. The van der Waals surface area contributed by atoms with Gasteiger partial charge in [-0.15, -0.1) is 0 Å². The summed E-state index contributed by atoms with van der Waals surface area (Å²) in [7, 11) is 0. The summed E-state index contributed by atoms with van der Waals surface area (Å²) in [6.45, 7) is 3.80. The Balaban J connectivity index is 1.86. The number of carbonyl (C=O) groups is 1. The predicted octanol–water partition coefficient (Wildman–Crippen LogP) is 2.50. The first-order chi connectivity index (χ1) is 9.24. The molecule has 0 aliphatic carbocycles. The molecular formula is C15H28N2OS. The molecule has 0 aromatic rings. The van der Waals surface area contributed by atoms with Crippen molar-refractivity contribution in [1.29, 1.82) is 0 Å². The Bertz CT molecular complexity index is 292. The van der Waals surface area contributed by atoms with Crippen LogP contribution in [0.1, 0.15) is 45.4 Å². The number of piperidine rings is 1. The maximum Gasteiger partial charge on any atom is 0.223 e. The van der Waals surface area contributed by atoms with Crippen LogP contribution in [0.4, 0.5) is 0 Å². The second-order valence-electron chi connectivity index (χ2n) is 6.04. The topological polar surface area (TPSA) is 46.3 Å². The number of hydrogen-bond acceptors (Lipinski definition) is 3. The fourth-order valence-corrected chi connectivity index (χ4v) is 4.58. The minimum absolute atomic E-state index is 0.296. The molecule has 2 fully saturated rings. The zero-order chi connectivity index (χ0) is 13.7. The largest absolute Gasteiger partial charge is 0.338 e. The smallest absolute Gasteiger partial charge is 0.223 e. The molecule has 2 saturated heterocycles. The van der Waals surface area contributed by atoms with Crippen molar-refractivity contribution in [3.05, 3.63) is 0 Å². The quantitative estimate of drug-likeness (QED) is 0.863. The lowest BCUT2D eigenvalue weighted by molar-refractivity contribution is -0.136. The number of nitrogens with zero attached hydrogens (tertiary/aromatic N) is 1. The lowest BCUT2D eigenvalue weighted by Crippen LogP contribution is -2.50. The molecule has 110 valence electrons. The van der Waals surface area contributed by atoms with Crippen LogP contribution in [-0.4, -0.2) is 41.4 Å². The van der Waals surface area contributed by atoms with Crippen LogP contribution in [0.2, 0.25) is 0 Å². The van der Waals surface area contributed by atoms with Crippen LogP contribution in [0.15, 0.2) is 0 Å². The highest BCUT2D eigenvalue weighted by atomic mass is 32.2. The van der Waals surface area contributed by atoms with Crippen LogP contribution < -0.4 is 5.73 Å². The van der Waals surface area contributed by atoms with Gasteiger partial charge in [0.15, 0.2) is 0 Å². The molecule has 1 amide bonds. The van der Waals surface area contributed by atoms with Gasteiger partial charge < -0.3 is 10.6 Å². The van der Waals surface area contributed by atoms with E-state index >= 15 is 0 Å². The van der Waals surface area contributed by atoms with Crippen molar-refractivity contribution in [2.24, 2.45) is 17.6 Å². The first kappa shape index (κ1) is 15.2. The lowest BCUT2D eigenvalue weighted by atomic mass is 9.88. The third-order valence-electron chi connectivity index (χ3n) is 4.80. The molecule has 4 heteroatoms. The van der Waals surface area contributed by atoms with Crippen LogP contribution >= 0.6 is 11.8 Å². The van der Waals surface area contributed by atoms with Gasteiger partial charge in [-0.25, -0.2) is 0 Å². The molecule has 0 saturated carbocycles. The van der Waals surface area contributed by atoms with Gasteiger partial charge in [0.1, 0.15) is 0 Å². The second kappa shape index (κ2) is 7.53. The van der Waals surface area contributed by atoms with Crippen LogP contribution in [0.25, 0.3) is 0 Å². The Hall–Kier alpha value is -0.220. The van der Waals surface area contributed by atoms with Gasteiger partial charge in [0, 0.05) is 25.6 Å². The van der Waals surface area contributed by atoms with Crippen LogP contribution in [-0.2, 0) is 4.79 Å². The average molecular weight is 284 g/mol. The number of hydrogen-bond donors (Lipinski definition) is 1. The molecule has 2 rings (SSSR count). The Morgan fingerprint density at radius 2 is 2.00 bits per heavy atom. The first-order valence-electron chi connectivity index (χ1n) is 7.81. The van der Waals surface area contributed by atoms with Crippen molar-refractivity contribution in [1.82, 2.24) is 4.90 Å². The van der Waals surface area contributed by atoms with E-state index in [1.54, 1.807) is 0 Å². The number of amides is 1. The minimum atomic E-state index is 0.296. The van der Waals surface area contributed by atoms with Crippen LogP contribution in [0.3, 0.4) is 0 Å². The number of thioether (sulfide) groups is 1. The molecule has 0 radical (unpaired) electrons. The summed E-state index contributed by atoms with van der Waals surface area (Å²) in [5.41, 5.74) is 5.88. The van der Waals surface area contributed by atoms with Gasteiger partial charge in [-0.3, -0.25) is 4.79 Å². The summed E-state index contributed by atoms with van der Waals surface area (Å²) in [6.07, 6.45) is 6.69. The molecule has 2 heterocycles. The highest BCUT2D eigenvalue weighted by Crippen LogP contribution is 2.29. The molecule has 0 aromatic carbocycles. The summed E-state index contributed by atoms with van der Waals surface area (Å²) in [6, 6.07) is 0.296. The normalized spacial score (nSPS) is 29.5. The third-order valence-corrected chi connectivity index (χ3v) is 5.85. The molecule has 2 N–H and O–H groups in total. The Morgan fingerprint density at radius 1 is 1.26 bits per heavy atom. The van der Waals surface area contributed by atoms with Gasteiger partial charge in [-0.1, -0.05) is 13.3 Å². The molecule has 0 bridgehead atoms. The van der Waals surface area contributed by atoms with Gasteiger partial charge in [-0.05, 0) is 49.0 Å². The highest BCUT2D eigenvalue weighted by Gasteiger charge is 2.31. The van der Waals surface area contributed by atoms with E-state index < -0.39 is 0 Å². The van der Waals surface area contributed by atoms with Gasteiger partial charge in [0.05, 0.1) is 0 Å². The lowest BCUT2D eigenvalue weighted by Gasteiger charge is -2.39. The zero-order valence-electron chi connectivity index (χ0n) is 12.1. The number of likely N-dealkylation sites (tertiary alicyclic amines) is 1. The summed E-state index contributed by atoms with van der Waals surface area (Å²) >= 11 is 2.02. The minimum Gasteiger partial charge on any atom is -0.338 e. The molecule has 3 nitrogen and oxygen atoms in total. The second-order valence-corrected chi connectivity index (χ2v) is 7.26. The van der Waals surface area contributed by atoms with Crippen LogP contribution in [0.5, 0.6) is 0 Å². The van der Waals surface area contributed by atoms with Crippen molar-refractivity contribution < 1.29 is 4.79 Å². The maximum absolute atomic E-state index is 12.5. The van der Waals surface area contributed by atoms with Crippen molar-refractivity contribution >= 4 is 17.7 Å². The molecule has 2 aliphatic heterocycles. The zero-order valence-corrected chi connectivity index (χ0v) is 13.0. The van der Waals surface area contributed by atoms with Crippen molar-refractivity contribution in [2.45, 2.75) is 51.5 Å². The number of nitrogens with two attached hydrogens (primary N) is 1. The molecular weight excluding hydrogens is 256 g/mol. The monoisotopic (exact) mass is 284 g/mol. The van der Waals surface area contributed by atoms with E-state index in [2.05, 4.69) is 11.8 Å². The fraction of sp³-hybridized carbons (Fsp3) is 0.933. The Morgan fingerprint density at radius 3 is 2.63 bits per heavy atom. The van der Waals surface area contributed by atoms with E-state index in [0.717, 1.165) is 25.3 Å². The SMILES string of the molecule is CCC1CCN(C(=O)CC2CCSCC2)C(CN)C1. The van der Waals surface area contributed by atoms with E-state index in [0.29, 0.717) is 24.4 Å². The standard InChI is InChI=1S/C15H28N2OS/c1-2-12-3-6-17(14(9-12)11-16)15(18)10-13-4-7-19-8-5-13/h12-14H,2-11,16H2,1H3. The van der Waals surface area contributed by atoms with Gasteiger partial charge in [-0.2, -0.15) is 11.8 Å². The average Bonchev–Trinajstić information content (AvgIpc) is 2.47. The fourth-order valence-electron chi connectivity index (χ4n) is 3.37. The van der Waals surface area contributed by atoms with Crippen molar-refractivity contribution in [3.63, 3.8) is 0 Å². The molecule has 19 heavy (non-hydrogen) atoms. The van der Waals surface area contributed by atoms with Gasteiger partial charge in [0.2, 0.25) is 5.91 Å². The third kappa shape index (κ3) is 4.12. The molecule has 0 spiro atoms. The number of rotatable bonds is 4. The summed E-state index contributed by atoms with van der Waals surface area (Å²) < 4.78 is 0. The van der Waals surface area contributed by atoms with Gasteiger partial charge in [0.25, 0.3) is 0 Å². The first-order valence-corrected chi connectivity index (χ1v) is 8.97. The molecule has 2 unspecified atom stereocenters. The molecule has 0 aromatic heterocycles. The molecule has 2 atom stereocenters. The van der Waals surface area contributed by atoms with Crippen molar-refractivity contribution in [3.8, 4) is 0 Å². The van der Waals surface area contributed by atoms with E-state index in [-0.39, 0.29) is 0 Å². The molecule has 2 aliphatic rings. The Labute approximate surface area is 121 Å². The number of carbonyl (C=O) groups excluding carboxylic acids is 1. The predicted molar refractivity (Wildman–Crippen MR) is 82.2 cm³/mol. The van der Waals surface area contributed by atoms with Gasteiger partial charge >= 0.3 is 0 Å². The van der Waals surface area contributed by atoms with Crippen LogP contribution in [0, 0.1) is 11.8 Å². The highest BCUT2D eigenvalue weighted by molar-refractivity contribution is 7.99. The summed E-state index contributed by atoms with van der Waals surface area (Å²) in [4.78, 5) is 14.6. The van der Waals surface area contributed by atoms with E-state index in [1.807, 2.05) is 11.8 Å². The van der Waals surface area contributed by atoms with E-state index in [9.17, 15) is 4.79 Å². The van der Waals surface area contributed by atoms with Crippen molar-refractivity contribution in [2.75, 3.05) is 24.6 Å². The van der Waals surface area contributed by atoms with E-state index in [1.165, 1.54) is 37.2 Å². The Kier molecular flexibility index (Phi) is 6.02. The van der Waals surface area contributed by atoms with E-state index in [4.69, 9.17) is 5.73 Å². The summed E-state index contributed by atoms with van der Waals surface area (Å²) in [5, 5.41) is 0. The summed E-state index contributed by atoms with van der Waals surface area (Å²) in [5.74, 6) is 4.22.